The Morgan fingerprint density at radius 3 is 2.29 bits per heavy atom. The lowest BCUT2D eigenvalue weighted by Gasteiger charge is -2.31. The average molecular weight is 242 g/mol. The summed E-state index contributed by atoms with van der Waals surface area (Å²) >= 11 is 0. The monoisotopic (exact) mass is 242 g/mol. The van der Waals surface area contributed by atoms with Crippen LogP contribution in [-0.2, 0) is 6.18 Å². The van der Waals surface area contributed by atoms with Crippen LogP contribution >= 0.6 is 0 Å². The van der Waals surface area contributed by atoms with Gasteiger partial charge in [0.05, 0.1) is 5.56 Å². The van der Waals surface area contributed by atoms with Gasteiger partial charge in [0.2, 0.25) is 0 Å². The number of nitrogens with zero attached hydrogens (tertiary/aromatic N) is 1. The summed E-state index contributed by atoms with van der Waals surface area (Å²) in [5.41, 5.74) is 0.134. The van der Waals surface area contributed by atoms with Gasteiger partial charge in [0.1, 0.15) is 0 Å². The molecule has 0 aromatic heterocycles. The molecule has 1 aromatic rings. The zero-order chi connectivity index (χ0) is 12.5. The summed E-state index contributed by atoms with van der Waals surface area (Å²) in [5, 5.41) is 0. The molecule has 1 fully saturated rings. The molecule has 17 heavy (non-hydrogen) atoms. The molecule has 0 bridgehead atoms. The van der Waals surface area contributed by atoms with Crippen LogP contribution in [0.2, 0.25) is 0 Å². The quantitative estimate of drug-likeness (QED) is 0.722. The van der Waals surface area contributed by atoms with Gasteiger partial charge in [-0.3, -0.25) is 0 Å². The maximum Gasteiger partial charge on any atom is 0.418 e. The van der Waals surface area contributed by atoms with E-state index in [1.807, 2.05) is 4.90 Å². The lowest BCUT2D eigenvalue weighted by Crippen LogP contribution is -2.31. The van der Waals surface area contributed by atoms with Gasteiger partial charge in [-0.05, 0) is 43.9 Å². The number of halogens is 3. The molecule has 0 atom stereocenters. The first kappa shape index (κ1) is 12.3. The van der Waals surface area contributed by atoms with Crippen LogP contribution < -0.4 is 4.90 Å². The van der Waals surface area contributed by atoms with E-state index in [2.05, 4.69) is 6.92 Å². The van der Waals surface area contributed by atoms with Gasteiger partial charge in [0, 0.05) is 18.8 Å². The third-order valence-electron chi connectivity index (χ3n) is 3.06. The third-order valence-corrected chi connectivity index (χ3v) is 3.06. The highest BCUT2D eigenvalue weighted by Crippen LogP contribution is 2.37. The molecule has 1 radical (unpaired) electrons. The fourth-order valence-electron chi connectivity index (χ4n) is 2.22. The number of alkyl halides is 3. The minimum atomic E-state index is -4.31. The van der Waals surface area contributed by atoms with Crippen molar-refractivity contribution in [1.29, 1.82) is 0 Å². The molecule has 93 valence electrons. The van der Waals surface area contributed by atoms with Crippen LogP contribution in [0.5, 0.6) is 0 Å². The molecule has 0 amide bonds. The average Bonchev–Trinajstić information content (AvgIpc) is 2.29. The van der Waals surface area contributed by atoms with Crippen LogP contribution in [0.25, 0.3) is 0 Å². The number of rotatable bonds is 1. The zero-order valence-electron chi connectivity index (χ0n) is 9.56. The molecular weight excluding hydrogens is 227 g/mol. The maximum atomic E-state index is 12.9. The van der Waals surface area contributed by atoms with Crippen molar-refractivity contribution in [2.45, 2.75) is 25.4 Å². The molecule has 0 spiro atoms. The summed E-state index contributed by atoms with van der Waals surface area (Å²) in [7, 11) is 0. The Bertz CT molecular complexity index is 392. The summed E-state index contributed by atoms with van der Waals surface area (Å²) in [6.45, 7) is 4.98. The van der Waals surface area contributed by atoms with Crippen LogP contribution in [0.1, 0.15) is 30.4 Å². The molecule has 0 aliphatic carbocycles. The van der Waals surface area contributed by atoms with E-state index in [1.54, 1.807) is 6.07 Å². The number of piperidine rings is 1. The van der Waals surface area contributed by atoms with E-state index in [9.17, 15) is 13.2 Å². The van der Waals surface area contributed by atoms with Crippen LogP contribution in [0.3, 0.4) is 0 Å². The minimum Gasteiger partial charge on any atom is -0.371 e. The molecule has 1 aromatic carbocycles. The van der Waals surface area contributed by atoms with Crippen molar-refractivity contribution in [1.82, 2.24) is 0 Å². The Hall–Kier alpha value is -1.19. The topological polar surface area (TPSA) is 3.24 Å². The van der Waals surface area contributed by atoms with E-state index in [4.69, 9.17) is 0 Å². The molecule has 1 heterocycles. The molecule has 1 saturated heterocycles. The highest BCUT2D eigenvalue weighted by molar-refractivity contribution is 5.57. The zero-order valence-corrected chi connectivity index (χ0v) is 9.56. The molecule has 0 N–H and O–H groups in total. The molecule has 1 nitrogen and oxygen atoms in total. The highest BCUT2D eigenvalue weighted by atomic mass is 19.4. The molecule has 0 unspecified atom stereocenters. The number of hydrogen-bond donors (Lipinski definition) is 0. The van der Waals surface area contributed by atoms with Gasteiger partial charge in [-0.1, -0.05) is 6.07 Å². The minimum absolute atomic E-state index is 0.296. The Morgan fingerprint density at radius 1 is 1.06 bits per heavy atom. The van der Waals surface area contributed by atoms with Gasteiger partial charge in [0.25, 0.3) is 0 Å². The predicted molar refractivity (Wildman–Crippen MR) is 62.0 cm³/mol. The second-order valence-corrected chi connectivity index (χ2v) is 4.40. The van der Waals surface area contributed by atoms with Gasteiger partial charge in [-0.15, -0.1) is 0 Å². The van der Waals surface area contributed by atoms with Gasteiger partial charge < -0.3 is 4.90 Å². The molecule has 4 heteroatoms. The second kappa shape index (κ2) is 4.59. The van der Waals surface area contributed by atoms with Gasteiger partial charge in [-0.25, -0.2) is 0 Å². The number of benzene rings is 1. The molecular formula is C13H15F3N. The summed E-state index contributed by atoms with van der Waals surface area (Å²) in [6.07, 6.45) is -1.28. The fourth-order valence-corrected chi connectivity index (χ4v) is 2.22. The Kier molecular flexibility index (Phi) is 3.31. The molecule has 0 saturated carbocycles. The first-order chi connectivity index (χ1) is 7.98. The van der Waals surface area contributed by atoms with Crippen molar-refractivity contribution in [3.05, 3.63) is 36.2 Å². The fraction of sp³-hybridized carbons (Fsp3) is 0.462. The third kappa shape index (κ3) is 2.73. The lowest BCUT2D eigenvalue weighted by atomic mass is 10.0. The summed E-state index contributed by atoms with van der Waals surface area (Å²) in [6, 6.07) is 4.31. The van der Waals surface area contributed by atoms with Crippen molar-refractivity contribution in [3.63, 3.8) is 0 Å². The lowest BCUT2D eigenvalue weighted by molar-refractivity contribution is -0.137. The van der Waals surface area contributed by atoms with Crippen LogP contribution in [0, 0.1) is 6.92 Å². The van der Waals surface area contributed by atoms with Crippen molar-refractivity contribution in [2.75, 3.05) is 18.0 Å². The number of anilines is 1. The van der Waals surface area contributed by atoms with E-state index in [1.165, 1.54) is 6.07 Å². The maximum absolute atomic E-state index is 12.9. The smallest absolute Gasteiger partial charge is 0.371 e. The van der Waals surface area contributed by atoms with Gasteiger partial charge >= 0.3 is 6.18 Å². The van der Waals surface area contributed by atoms with Crippen LogP contribution in [0.15, 0.2) is 18.2 Å². The molecule has 1 aliphatic heterocycles. The van der Waals surface area contributed by atoms with Gasteiger partial charge in [-0.2, -0.15) is 13.2 Å². The van der Waals surface area contributed by atoms with Gasteiger partial charge in [0.15, 0.2) is 0 Å². The molecule has 1 aliphatic rings. The van der Waals surface area contributed by atoms with E-state index in [0.29, 0.717) is 24.3 Å². The van der Waals surface area contributed by atoms with Crippen molar-refractivity contribution < 1.29 is 13.2 Å². The normalized spacial score (nSPS) is 17.3. The highest BCUT2D eigenvalue weighted by Gasteiger charge is 2.35. The van der Waals surface area contributed by atoms with E-state index in [0.717, 1.165) is 25.3 Å². The van der Waals surface area contributed by atoms with E-state index >= 15 is 0 Å². The standard InChI is InChI=1S/C13H15F3N/c1-10-5-6-12(11(9-10)13(14,15)16)17-7-3-2-4-8-17/h5-6,9H,1-4,7-8H2. The predicted octanol–water partition coefficient (Wildman–Crippen LogP) is 3.88. The first-order valence-corrected chi connectivity index (χ1v) is 5.76. The Labute approximate surface area is 99.2 Å². The van der Waals surface area contributed by atoms with Crippen LogP contribution in [-0.4, -0.2) is 13.1 Å². The Morgan fingerprint density at radius 2 is 1.71 bits per heavy atom. The van der Waals surface area contributed by atoms with Crippen molar-refractivity contribution >= 4 is 5.69 Å². The number of hydrogen-bond acceptors (Lipinski definition) is 1. The van der Waals surface area contributed by atoms with Crippen molar-refractivity contribution in [2.24, 2.45) is 0 Å². The second-order valence-electron chi connectivity index (χ2n) is 4.40. The largest absolute Gasteiger partial charge is 0.418 e. The SMILES string of the molecule is [CH2]c1ccc(N2CCCCC2)c(C(F)(F)F)c1. The Balaban J connectivity index is 2.38. The molecule has 2 rings (SSSR count). The van der Waals surface area contributed by atoms with E-state index in [-0.39, 0.29) is 0 Å². The summed E-state index contributed by atoms with van der Waals surface area (Å²) in [5.74, 6) is 0. The van der Waals surface area contributed by atoms with E-state index < -0.39 is 11.7 Å². The summed E-state index contributed by atoms with van der Waals surface area (Å²) in [4.78, 5) is 1.83. The first-order valence-electron chi connectivity index (χ1n) is 5.76. The van der Waals surface area contributed by atoms with Crippen molar-refractivity contribution in [3.8, 4) is 0 Å². The van der Waals surface area contributed by atoms with Crippen LogP contribution in [0.4, 0.5) is 18.9 Å². The summed E-state index contributed by atoms with van der Waals surface area (Å²) < 4.78 is 38.8.